The quantitative estimate of drug-likeness (QED) is 0.272. The highest BCUT2D eigenvalue weighted by Crippen LogP contribution is 2.24. The van der Waals surface area contributed by atoms with Crippen molar-refractivity contribution < 1.29 is 9.53 Å². The lowest BCUT2D eigenvalue weighted by Crippen LogP contribution is -2.13. The fourth-order valence-electron chi connectivity index (χ4n) is 3.29. The van der Waals surface area contributed by atoms with Crippen LogP contribution >= 0.6 is 11.6 Å². The molecule has 156 valence electrons. The molecule has 32 heavy (non-hydrogen) atoms. The van der Waals surface area contributed by atoms with Gasteiger partial charge in [0.2, 0.25) is 0 Å². The lowest BCUT2D eigenvalue weighted by molar-refractivity contribution is -0.112. The van der Waals surface area contributed by atoms with Crippen molar-refractivity contribution in [1.29, 1.82) is 5.26 Å². The summed E-state index contributed by atoms with van der Waals surface area (Å²) in [5.74, 6) is 0.228. The van der Waals surface area contributed by atoms with Gasteiger partial charge in [0.15, 0.2) is 0 Å². The highest BCUT2D eigenvalue weighted by atomic mass is 35.5. The molecule has 1 N–H and O–H groups in total. The molecular formula is C27H19ClN2O2. The van der Waals surface area contributed by atoms with Crippen LogP contribution in [0.25, 0.3) is 16.8 Å². The van der Waals surface area contributed by atoms with Crippen molar-refractivity contribution in [3.05, 3.63) is 113 Å². The van der Waals surface area contributed by atoms with Gasteiger partial charge < -0.3 is 10.1 Å². The molecule has 5 heteroatoms. The monoisotopic (exact) mass is 438 g/mol. The fourth-order valence-corrected chi connectivity index (χ4v) is 3.51. The van der Waals surface area contributed by atoms with Gasteiger partial charge in [0.25, 0.3) is 5.91 Å². The predicted molar refractivity (Wildman–Crippen MR) is 128 cm³/mol. The Morgan fingerprint density at radius 3 is 2.50 bits per heavy atom. The largest absolute Gasteiger partial charge is 0.489 e. The number of hydrogen-bond acceptors (Lipinski definition) is 3. The van der Waals surface area contributed by atoms with Crippen molar-refractivity contribution in [3.8, 4) is 11.8 Å². The number of nitrogens with one attached hydrogen (secondary N) is 1. The molecule has 0 saturated carbocycles. The molecular weight excluding hydrogens is 420 g/mol. The molecule has 0 atom stereocenters. The van der Waals surface area contributed by atoms with E-state index >= 15 is 0 Å². The lowest BCUT2D eigenvalue weighted by Gasteiger charge is -2.09. The Hall–Kier alpha value is -4.07. The van der Waals surface area contributed by atoms with Crippen LogP contribution in [0.15, 0.2) is 96.6 Å². The average molecular weight is 439 g/mol. The molecule has 4 rings (SSSR count). The van der Waals surface area contributed by atoms with Crippen LogP contribution in [0, 0.1) is 11.3 Å². The number of nitriles is 1. The molecule has 1 amide bonds. The highest BCUT2D eigenvalue weighted by molar-refractivity contribution is 6.30. The molecule has 0 unspecified atom stereocenters. The molecule has 0 radical (unpaired) electrons. The van der Waals surface area contributed by atoms with E-state index in [9.17, 15) is 10.1 Å². The Kier molecular flexibility index (Phi) is 6.50. The minimum Gasteiger partial charge on any atom is -0.489 e. The summed E-state index contributed by atoms with van der Waals surface area (Å²) in [6, 6.07) is 30.1. The number of rotatable bonds is 6. The maximum atomic E-state index is 12.7. The van der Waals surface area contributed by atoms with E-state index in [-0.39, 0.29) is 5.57 Å². The van der Waals surface area contributed by atoms with Crippen LogP contribution in [0.2, 0.25) is 5.02 Å². The van der Waals surface area contributed by atoms with E-state index in [0.717, 1.165) is 21.9 Å². The second-order valence-corrected chi connectivity index (χ2v) is 7.57. The number of anilines is 1. The lowest BCUT2D eigenvalue weighted by atomic mass is 10.1. The van der Waals surface area contributed by atoms with Crippen LogP contribution in [-0.4, -0.2) is 5.91 Å². The summed E-state index contributed by atoms with van der Waals surface area (Å²) in [5, 5.41) is 15.0. The van der Waals surface area contributed by atoms with E-state index in [1.807, 2.05) is 72.8 Å². The Morgan fingerprint density at radius 2 is 1.72 bits per heavy atom. The first kappa shape index (κ1) is 21.2. The van der Waals surface area contributed by atoms with Crippen molar-refractivity contribution in [2.75, 3.05) is 5.32 Å². The van der Waals surface area contributed by atoms with Crippen molar-refractivity contribution in [2.45, 2.75) is 6.61 Å². The summed E-state index contributed by atoms with van der Waals surface area (Å²) in [6.07, 6.45) is 1.56. The number of hydrogen-bond donors (Lipinski definition) is 1. The first-order valence-corrected chi connectivity index (χ1v) is 10.4. The van der Waals surface area contributed by atoms with Crippen molar-refractivity contribution in [3.63, 3.8) is 0 Å². The van der Waals surface area contributed by atoms with Gasteiger partial charge in [-0.15, -0.1) is 0 Å². The number of nitrogens with zero attached hydrogens (tertiary/aromatic N) is 1. The van der Waals surface area contributed by atoms with Crippen LogP contribution in [0.4, 0.5) is 5.69 Å². The molecule has 0 heterocycles. The second kappa shape index (κ2) is 9.82. The zero-order valence-corrected chi connectivity index (χ0v) is 17.8. The number of benzene rings is 4. The van der Waals surface area contributed by atoms with Gasteiger partial charge >= 0.3 is 0 Å². The summed E-state index contributed by atoms with van der Waals surface area (Å²) in [5.41, 5.74) is 2.38. The maximum Gasteiger partial charge on any atom is 0.266 e. The Labute approximate surface area is 191 Å². The standard InChI is InChI=1S/C27H19ClN2O2/c28-23-8-3-5-20(16-23)18-32-24-13-11-19(12-14-24)15-22(17-29)27(31)30-26-10-4-7-21-6-1-2-9-25(21)26/h1-16H,18H2,(H,30,31)/b22-15+. The molecule has 0 fully saturated rings. The number of ether oxygens (including phenoxy) is 1. The zero-order chi connectivity index (χ0) is 22.3. The van der Waals surface area contributed by atoms with E-state index in [4.69, 9.17) is 16.3 Å². The third-order valence-electron chi connectivity index (χ3n) is 4.89. The molecule has 4 aromatic carbocycles. The van der Waals surface area contributed by atoms with Gasteiger partial charge in [0.05, 0.1) is 0 Å². The zero-order valence-electron chi connectivity index (χ0n) is 17.1. The third kappa shape index (κ3) is 5.15. The number of carbonyl (C=O) groups excluding carboxylic acids is 1. The predicted octanol–water partition coefficient (Wildman–Crippen LogP) is 6.62. The smallest absolute Gasteiger partial charge is 0.266 e. The van der Waals surface area contributed by atoms with E-state index in [1.165, 1.54) is 0 Å². The van der Waals surface area contributed by atoms with Crippen molar-refractivity contribution in [1.82, 2.24) is 0 Å². The summed E-state index contributed by atoms with van der Waals surface area (Å²) in [4.78, 5) is 12.7. The Bertz CT molecular complexity index is 1330. The SMILES string of the molecule is N#C/C(=C\c1ccc(OCc2cccc(Cl)c2)cc1)C(=O)Nc1cccc2ccccc12. The number of halogens is 1. The summed E-state index contributed by atoms with van der Waals surface area (Å²) in [6.45, 7) is 0.395. The molecule has 0 aliphatic rings. The van der Waals surface area contributed by atoms with E-state index in [2.05, 4.69) is 5.32 Å². The number of fused-ring (bicyclic) bond motifs is 1. The fraction of sp³-hybridized carbons (Fsp3) is 0.0370. The van der Waals surface area contributed by atoms with E-state index in [1.54, 1.807) is 30.3 Å². The normalized spacial score (nSPS) is 11.1. The van der Waals surface area contributed by atoms with Gasteiger partial charge in [-0.25, -0.2) is 0 Å². The Balaban J connectivity index is 1.45. The van der Waals surface area contributed by atoms with Gasteiger partial charge in [-0.1, -0.05) is 72.3 Å². The van der Waals surface area contributed by atoms with E-state index in [0.29, 0.717) is 23.1 Å². The van der Waals surface area contributed by atoms with Crippen LogP contribution in [0.5, 0.6) is 5.75 Å². The van der Waals surface area contributed by atoms with Crippen LogP contribution in [0.3, 0.4) is 0 Å². The molecule has 0 bridgehead atoms. The van der Waals surface area contributed by atoms with Crippen LogP contribution < -0.4 is 10.1 Å². The van der Waals surface area contributed by atoms with Crippen molar-refractivity contribution >= 4 is 40.0 Å². The van der Waals surface area contributed by atoms with Gasteiger partial charge in [0, 0.05) is 16.1 Å². The Morgan fingerprint density at radius 1 is 0.969 bits per heavy atom. The van der Waals surface area contributed by atoms with Gasteiger partial charge in [-0.2, -0.15) is 5.26 Å². The minimum absolute atomic E-state index is 0.0190. The molecule has 0 aliphatic carbocycles. The number of amides is 1. The minimum atomic E-state index is -0.454. The first-order chi connectivity index (χ1) is 15.6. The third-order valence-corrected chi connectivity index (χ3v) is 5.12. The molecule has 4 aromatic rings. The summed E-state index contributed by atoms with van der Waals surface area (Å²) >= 11 is 5.99. The second-order valence-electron chi connectivity index (χ2n) is 7.14. The highest BCUT2D eigenvalue weighted by Gasteiger charge is 2.11. The summed E-state index contributed by atoms with van der Waals surface area (Å²) < 4.78 is 5.78. The maximum absolute atomic E-state index is 12.7. The number of carbonyl (C=O) groups is 1. The van der Waals surface area contributed by atoms with Crippen LogP contribution in [-0.2, 0) is 11.4 Å². The molecule has 4 nitrogen and oxygen atoms in total. The van der Waals surface area contributed by atoms with Gasteiger partial charge in [-0.05, 0) is 52.9 Å². The average Bonchev–Trinajstić information content (AvgIpc) is 2.82. The van der Waals surface area contributed by atoms with Crippen LogP contribution in [0.1, 0.15) is 11.1 Å². The summed E-state index contributed by atoms with van der Waals surface area (Å²) in [7, 11) is 0. The first-order valence-electron chi connectivity index (χ1n) is 10.0. The van der Waals surface area contributed by atoms with Gasteiger partial charge in [0.1, 0.15) is 24.0 Å². The van der Waals surface area contributed by atoms with Gasteiger partial charge in [-0.3, -0.25) is 4.79 Å². The molecule has 0 saturated heterocycles. The molecule has 0 aromatic heterocycles. The topological polar surface area (TPSA) is 62.1 Å². The van der Waals surface area contributed by atoms with E-state index < -0.39 is 5.91 Å². The molecule has 0 aliphatic heterocycles. The van der Waals surface area contributed by atoms with Crippen molar-refractivity contribution in [2.24, 2.45) is 0 Å². The molecule has 0 spiro atoms.